The number of hydrogen-bond donors (Lipinski definition) is 1. The van der Waals surface area contributed by atoms with Crippen molar-refractivity contribution in [2.45, 2.75) is 45.3 Å². The molecule has 0 heterocycles. The van der Waals surface area contributed by atoms with E-state index in [9.17, 15) is 5.11 Å². The van der Waals surface area contributed by atoms with Crippen LogP contribution in [0, 0.1) is 12.8 Å². The summed E-state index contributed by atoms with van der Waals surface area (Å²) < 4.78 is 0. The molecule has 2 heteroatoms. The Kier molecular flexibility index (Phi) is 4.79. The van der Waals surface area contributed by atoms with E-state index < -0.39 is 0 Å². The van der Waals surface area contributed by atoms with E-state index in [0.717, 1.165) is 31.8 Å². The zero-order valence-electron chi connectivity index (χ0n) is 11.6. The summed E-state index contributed by atoms with van der Waals surface area (Å²) in [6, 6.07) is 8.62. The van der Waals surface area contributed by atoms with Crippen LogP contribution in [0.1, 0.15) is 36.8 Å². The van der Waals surface area contributed by atoms with Crippen LogP contribution in [0.5, 0.6) is 0 Å². The number of aryl methyl sites for hydroxylation is 1. The first-order chi connectivity index (χ1) is 8.65. The van der Waals surface area contributed by atoms with Gasteiger partial charge in [-0.15, -0.1) is 0 Å². The molecule has 2 rings (SSSR count). The number of hydrogen-bond acceptors (Lipinski definition) is 2. The van der Waals surface area contributed by atoms with Crippen molar-refractivity contribution in [1.29, 1.82) is 0 Å². The Morgan fingerprint density at radius 2 is 1.83 bits per heavy atom. The van der Waals surface area contributed by atoms with E-state index in [-0.39, 0.29) is 6.10 Å². The third kappa shape index (κ3) is 3.82. The van der Waals surface area contributed by atoms with E-state index in [0.29, 0.717) is 0 Å². The molecule has 0 radical (unpaired) electrons. The van der Waals surface area contributed by atoms with Crippen molar-refractivity contribution in [3.63, 3.8) is 0 Å². The Bertz CT molecular complexity index is 369. The van der Waals surface area contributed by atoms with E-state index in [2.05, 4.69) is 43.1 Å². The molecule has 0 amide bonds. The second-order valence-electron chi connectivity index (χ2n) is 5.80. The van der Waals surface area contributed by atoms with Crippen molar-refractivity contribution in [1.82, 2.24) is 4.90 Å². The molecule has 1 aromatic rings. The van der Waals surface area contributed by atoms with Gasteiger partial charge in [-0.2, -0.15) is 0 Å². The summed E-state index contributed by atoms with van der Waals surface area (Å²) in [4.78, 5) is 2.42. The van der Waals surface area contributed by atoms with Crippen molar-refractivity contribution in [3.8, 4) is 0 Å². The van der Waals surface area contributed by atoms with E-state index >= 15 is 0 Å². The molecule has 100 valence electrons. The molecule has 1 aliphatic carbocycles. The average Bonchev–Trinajstić information content (AvgIpc) is 2.35. The number of aliphatic hydroxyl groups is 1. The SMILES string of the molecule is Cc1ccccc1CN(C)CC1CCC(O)CC1. The lowest BCUT2D eigenvalue weighted by Gasteiger charge is -2.29. The van der Waals surface area contributed by atoms with Crippen LogP contribution in [0.2, 0.25) is 0 Å². The van der Waals surface area contributed by atoms with E-state index in [4.69, 9.17) is 0 Å². The molecule has 0 aliphatic heterocycles. The largest absolute Gasteiger partial charge is 0.393 e. The Balaban J connectivity index is 1.82. The summed E-state index contributed by atoms with van der Waals surface area (Å²) >= 11 is 0. The summed E-state index contributed by atoms with van der Waals surface area (Å²) in [5.41, 5.74) is 2.80. The first kappa shape index (κ1) is 13.6. The van der Waals surface area contributed by atoms with Crippen LogP contribution >= 0.6 is 0 Å². The van der Waals surface area contributed by atoms with Crippen LogP contribution in [0.3, 0.4) is 0 Å². The molecule has 18 heavy (non-hydrogen) atoms. The van der Waals surface area contributed by atoms with Crippen LogP contribution in [0.4, 0.5) is 0 Å². The van der Waals surface area contributed by atoms with Crippen LogP contribution in [-0.4, -0.2) is 29.7 Å². The molecule has 1 aromatic carbocycles. The molecular formula is C16H25NO. The van der Waals surface area contributed by atoms with Gasteiger partial charge < -0.3 is 10.0 Å². The maximum Gasteiger partial charge on any atom is 0.0540 e. The summed E-state index contributed by atoms with van der Waals surface area (Å²) in [7, 11) is 2.21. The zero-order valence-corrected chi connectivity index (χ0v) is 11.6. The van der Waals surface area contributed by atoms with Crippen molar-refractivity contribution < 1.29 is 5.11 Å². The molecule has 0 aromatic heterocycles. The minimum absolute atomic E-state index is 0.0390. The van der Waals surface area contributed by atoms with Gasteiger partial charge in [-0.1, -0.05) is 24.3 Å². The van der Waals surface area contributed by atoms with Gasteiger partial charge in [0, 0.05) is 13.1 Å². The summed E-state index contributed by atoms with van der Waals surface area (Å²) in [5, 5.41) is 9.52. The van der Waals surface area contributed by atoms with Gasteiger partial charge in [0.25, 0.3) is 0 Å². The number of aliphatic hydroxyl groups excluding tert-OH is 1. The zero-order chi connectivity index (χ0) is 13.0. The lowest BCUT2D eigenvalue weighted by atomic mass is 9.87. The van der Waals surface area contributed by atoms with Crippen molar-refractivity contribution in [3.05, 3.63) is 35.4 Å². The van der Waals surface area contributed by atoms with E-state index in [1.165, 1.54) is 24.0 Å². The topological polar surface area (TPSA) is 23.5 Å². The normalized spacial score (nSPS) is 24.4. The van der Waals surface area contributed by atoms with Crippen LogP contribution < -0.4 is 0 Å². The minimum atomic E-state index is -0.0390. The van der Waals surface area contributed by atoms with Gasteiger partial charge in [0.05, 0.1) is 6.10 Å². The summed E-state index contributed by atoms with van der Waals surface area (Å²) in [5.74, 6) is 0.766. The molecule has 2 nitrogen and oxygen atoms in total. The maximum atomic E-state index is 9.52. The number of rotatable bonds is 4. The van der Waals surface area contributed by atoms with Crippen LogP contribution in [0.15, 0.2) is 24.3 Å². The Morgan fingerprint density at radius 3 is 2.50 bits per heavy atom. The molecule has 1 aliphatic rings. The third-order valence-electron chi connectivity index (χ3n) is 4.09. The second kappa shape index (κ2) is 6.35. The highest BCUT2D eigenvalue weighted by Gasteiger charge is 2.20. The average molecular weight is 247 g/mol. The Morgan fingerprint density at radius 1 is 1.17 bits per heavy atom. The molecule has 0 atom stereocenters. The molecule has 0 saturated heterocycles. The molecule has 1 saturated carbocycles. The van der Waals surface area contributed by atoms with E-state index in [1.807, 2.05) is 0 Å². The lowest BCUT2D eigenvalue weighted by Crippen LogP contribution is -2.29. The van der Waals surface area contributed by atoms with Crippen molar-refractivity contribution in [2.75, 3.05) is 13.6 Å². The highest BCUT2D eigenvalue weighted by atomic mass is 16.3. The maximum absolute atomic E-state index is 9.52. The second-order valence-corrected chi connectivity index (χ2v) is 5.80. The van der Waals surface area contributed by atoms with Crippen molar-refractivity contribution >= 4 is 0 Å². The van der Waals surface area contributed by atoms with Gasteiger partial charge in [-0.3, -0.25) is 0 Å². The predicted molar refractivity (Wildman–Crippen MR) is 75.5 cm³/mol. The Hall–Kier alpha value is -0.860. The summed E-state index contributed by atoms with van der Waals surface area (Å²) in [6.07, 6.45) is 4.30. The monoisotopic (exact) mass is 247 g/mol. The smallest absolute Gasteiger partial charge is 0.0540 e. The molecule has 1 fully saturated rings. The minimum Gasteiger partial charge on any atom is -0.393 e. The molecule has 0 bridgehead atoms. The quantitative estimate of drug-likeness (QED) is 0.884. The number of nitrogens with zero attached hydrogens (tertiary/aromatic N) is 1. The highest BCUT2D eigenvalue weighted by Crippen LogP contribution is 2.25. The predicted octanol–water partition coefficient (Wildman–Crippen LogP) is 2.98. The number of benzene rings is 1. The highest BCUT2D eigenvalue weighted by molar-refractivity contribution is 5.25. The molecule has 1 N–H and O–H groups in total. The fourth-order valence-electron chi connectivity index (χ4n) is 2.91. The first-order valence-corrected chi connectivity index (χ1v) is 7.06. The van der Waals surface area contributed by atoms with Crippen LogP contribution in [0.25, 0.3) is 0 Å². The van der Waals surface area contributed by atoms with Gasteiger partial charge in [0.1, 0.15) is 0 Å². The third-order valence-corrected chi connectivity index (χ3v) is 4.09. The molecule has 0 spiro atoms. The summed E-state index contributed by atoms with van der Waals surface area (Å²) in [6.45, 7) is 4.37. The van der Waals surface area contributed by atoms with Gasteiger partial charge in [-0.05, 0) is 56.7 Å². The fourth-order valence-corrected chi connectivity index (χ4v) is 2.91. The van der Waals surface area contributed by atoms with E-state index in [1.54, 1.807) is 0 Å². The van der Waals surface area contributed by atoms with Crippen molar-refractivity contribution in [2.24, 2.45) is 5.92 Å². The molecule has 0 unspecified atom stereocenters. The molecular weight excluding hydrogens is 222 g/mol. The lowest BCUT2D eigenvalue weighted by molar-refractivity contribution is 0.0967. The first-order valence-electron chi connectivity index (χ1n) is 7.06. The van der Waals surface area contributed by atoms with Gasteiger partial charge in [0.2, 0.25) is 0 Å². The van der Waals surface area contributed by atoms with Gasteiger partial charge >= 0.3 is 0 Å². The van der Waals surface area contributed by atoms with Gasteiger partial charge in [0.15, 0.2) is 0 Å². The van der Waals surface area contributed by atoms with Crippen LogP contribution in [-0.2, 0) is 6.54 Å². The van der Waals surface area contributed by atoms with Gasteiger partial charge in [-0.25, -0.2) is 0 Å². The standard InChI is InChI=1S/C16H25NO/c1-13-5-3-4-6-15(13)12-17(2)11-14-7-9-16(18)10-8-14/h3-6,14,16,18H,7-12H2,1-2H3. The Labute approximate surface area is 111 Å². The fraction of sp³-hybridized carbons (Fsp3) is 0.625.